The maximum Gasteiger partial charge on any atom is 0.185 e. The first-order valence-corrected chi connectivity index (χ1v) is 4.28. The molecule has 2 saturated heterocycles. The Morgan fingerprint density at radius 1 is 1.38 bits per heavy atom. The Kier molecular flexibility index (Phi) is 2.53. The quantitative estimate of drug-likeness (QED) is 0.586. The van der Waals surface area contributed by atoms with Gasteiger partial charge in [0.25, 0.3) is 0 Å². The molecular weight excluding hydrogens is 176 g/mol. The van der Waals surface area contributed by atoms with Crippen LogP contribution in [0.15, 0.2) is 0 Å². The summed E-state index contributed by atoms with van der Waals surface area (Å²) in [6.45, 7) is 0.554. The molecule has 0 amide bonds. The standard InChI is InChI=1S/C8H14O5/c1-10-8(11-2)7-5(9)6-4(13-7)3-12-6/h4-9H,3H2,1-2H3/t4-,5-,6+,7+/m0/s1. The Bertz CT molecular complexity index is 179. The van der Waals surface area contributed by atoms with Crippen molar-refractivity contribution in [2.45, 2.75) is 30.7 Å². The highest BCUT2D eigenvalue weighted by Crippen LogP contribution is 2.33. The van der Waals surface area contributed by atoms with Gasteiger partial charge in [-0.1, -0.05) is 0 Å². The van der Waals surface area contributed by atoms with E-state index in [1.165, 1.54) is 14.2 Å². The average Bonchev–Trinajstić information content (AvgIpc) is 2.28. The van der Waals surface area contributed by atoms with Gasteiger partial charge >= 0.3 is 0 Å². The van der Waals surface area contributed by atoms with Crippen LogP contribution >= 0.6 is 0 Å². The van der Waals surface area contributed by atoms with Gasteiger partial charge in [0.05, 0.1) is 6.61 Å². The normalized spacial score (nSPS) is 43.4. The van der Waals surface area contributed by atoms with Crippen LogP contribution in [0.4, 0.5) is 0 Å². The van der Waals surface area contributed by atoms with E-state index >= 15 is 0 Å². The molecule has 0 aromatic heterocycles. The van der Waals surface area contributed by atoms with Gasteiger partial charge in [0.15, 0.2) is 6.29 Å². The van der Waals surface area contributed by atoms with Crippen molar-refractivity contribution in [3.05, 3.63) is 0 Å². The molecule has 5 nitrogen and oxygen atoms in total. The van der Waals surface area contributed by atoms with Gasteiger partial charge in [0, 0.05) is 14.2 Å². The summed E-state index contributed by atoms with van der Waals surface area (Å²) in [5.41, 5.74) is 0. The van der Waals surface area contributed by atoms with Crippen LogP contribution in [0.2, 0.25) is 0 Å². The number of rotatable bonds is 3. The van der Waals surface area contributed by atoms with Gasteiger partial charge in [-0.2, -0.15) is 0 Å². The van der Waals surface area contributed by atoms with Gasteiger partial charge in [-0.25, -0.2) is 0 Å². The number of hydrogen-bond acceptors (Lipinski definition) is 5. The minimum absolute atomic E-state index is 0.00722. The zero-order valence-electron chi connectivity index (χ0n) is 7.67. The number of aliphatic hydroxyl groups excluding tert-OH is 1. The maximum absolute atomic E-state index is 9.70. The fourth-order valence-electron chi connectivity index (χ4n) is 1.78. The van der Waals surface area contributed by atoms with Crippen molar-refractivity contribution in [3.8, 4) is 0 Å². The molecule has 2 aliphatic heterocycles. The van der Waals surface area contributed by atoms with Gasteiger partial charge in [-0.3, -0.25) is 0 Å². The molecule has 0 aromatic carbocycles. The summed E-state index contributed by atoms with van der Waals surface area (Å²) in [4.78, 5) is 0. The first-order valence-electron chi connectivity index (χ1n) is 4.28. The zero-order chi connectivity index (χ0) is 9.42. The Balaban J connectivity index is 1.99. The number of fused-ring (bicyclic) bond motifs is 1. The molecule has 76 valence electrons. The van der Waals surface area contributed by atoms with Crippen LogP contribution < -0.4 is 0 Å². The second-order valence-corrected chi connectivity index (χ2v) is 3.27. The van der Waals surface area contributed by atoms with E-state index < -0.39 is 18.5 Å². The van der Waals surface area contributed by atoms with Crippen molar-refractivity contribution in [3.63, 3.8) is 0 Å². The van der Waals surface area contributed by atoms with Gasteiger partial charge in [-0.05, 0) is 0 Å². The summed E-state index contributed by atoms with van der Waals surface area (Å²) < 4.78 is 20.7. The molecule has 13 heavy (non-hydrogen) atoms. The molecule has 4 atom stereocenters. The lowest BCUT2D eigenvalue weighted by Crippen LogP contribution is -2.47. The van der Waals surface area contributed by atoms with E-state index in [4.69, 9.17) is 18.9 Å². The highest BCUT2D eigenvalue weighted by molar-refractivity contribution is 4.98. The molecule has 0 radical (unpaired) electrons. The van der Waals surface area contributed by atoms with Crippen molar-refractivity contribution < 1.29 is 24.1 Å². The van der Waals surface area contributed by atoms with Gasteiger partial charge in [0.2, 0.25) is 0 Å². The molecule has 5 heteroatoms. The van der Waals surface area contributed by atoms with Crippen molar-refractivity contribution in [2.75, 3.05) is 20.8 Å². The molecule has 1 N–H and O–H groups in total. The molecule has 0 aromatic rings. The van der Waals surface area contributed by atoms with Crippen molar-refractivity contribution in [1.29, 1.82) is 0 Å². The Labute approximate surface area is 76.5 Å². The predicted molar refractivity (Wildman–Crippen MR) is 42.2 cm³/mol. The van der Waals surface area contributed by atoms with Crippen LogP contribution in [0.25, 0.3) is 0 Å². The van der Waals surface area contributed by atoms with E-state index in [9.17, 15) is 5.11 Å². The molecular formula is C8H14O5. The molecule has 2 fully saturated rings. The summed E-state index contributed by atoms with van der Waals surface area (Å²) in [6.07, 6.45) is -1.80. The third-order valence-electron chi connectivity index (χ3n) is 2.56. The molecule has 2 rings (SSSR count). The van der Waals surface area contributed by atoms with Crippen LogP contribution in [0.3, 0.4) is 0 Å². The van der Waals surface area contributed by atoms with E-state index in [1.807, 2.05) is 0 Å². The van der Waals surface area contributed by atoms with E-state index in [0.29, 0.717) is 6.61 Å². The van der Waals surface area contributed by atoms with Gasteiger partial charge in [0.1, 0.15) is 24.4 Å². The largest absolute Gasteiger partial charge is 0.387 e. The van der Waals surface area contributed by atoms with Crippen molar-refractivity contribution in [1.82, 2.24) is 0 Å². The van der Waals surface area contributed by atoms with Crippen LogP contribution in [0, 0.1) is 0 Å². The first kappa shape index (κ1) is 9.36. The Morgan fingerprint density at radius 2 is 2.08 bits per heavy atom. The second kappa shape index (κ2) is 3.51. The summed E-state index contributed by atoms with van der Waals surface area (Å²) in [7, 11) is 3.04. The lowest BCUT2D eigenvalue weighted by molar-refractivity contribution is -0.198. The SMILES string of the molecule is COC(OC)[C@@H]1O[C@H]2CO[C@H]2[C@@H]1O. The average molecular weight is 190 g/mol. The summed E-state index contributed by atoms with van der Waals surface area (Å²) >= 11 is 0. The minimum Gasteiger partial charge on any atom is -0.387 e. The molecule has 0 saturated carbocycles. The number of hydrogen-bond donors (Lipinski definition) is 1. The molecule has 0 aliphatic carbocycles. The molecule has 2 heterocycles. The third-order valence-corrected chi connectivity index (χ3v) is 2.56. The zero-order valence-corrected chi connectivity index (χ0v) is 7.67. The first-order chi connectivity index (χ1) is 6.27. The minimum atomic E-state index is -0.649. The Morgan fingerprint density at radius 3 is 2.38 bits per heavy atom. The number of methoxy groups -OCH3 is 2. The number of ether oxygens (including phenoxy) is 4. The molecule has 0 bridgehead atoms. The smallest absolute Gasteiger partial charge is 0.185 e. The monoisotopic (exact) mass is 190 g/mol. The highest BCUT2D eigenvalue weighted by atomic mass is 16.7. The summed E-state index contributed by atoms with van der Waals surface area (Å²) in [5.74, 6) is 0. The van der Waals surface area contributed by atoms with Crippen LogP contribution in [0.5, 0.6) is 0 Å². The van der Waals surface area contributed by atoms with Gasteiger partial charge < -0.3 is 24.1 Å². The lowest BCUT2D eigenvalue weighted by Gasteiger charge is -2.30. The fourth-order valence-corrected chi connectivity index (χ4v) is 1.78. The lowest BCUT2D eigenvalue weighted by atomic mass is 10.0. The van der Waals surface area contributed by atoms with Crippen LogP contribution in [0.1, 0.15) is 0 Å². The van der Waals surface area contributed by atoms with Crippen molar-refractivity contribution >= 4 is 0 Å². The van der Waals surface area contributed by atoms with Crippen LogP contribution in [-0.2, 0) is 18.9 Å². The van der Waals surface area contributed by atoms with E-state index in [0.717, 1.165) is 0 Å². The van der Waals surface area contributed by atoms with E-state index in [-0.39, 0.29) is 12.2 Å². The summed E-state index contributed by atoms with van der Waals surface area (Å²) in [6, 6.07) is 0. The Hall–Kier alpha value is -0.200. The molecule has 0 spiro atoms. The second-order valence-electron chi connectivity index (χ2n) is 3.27. The molecule has 2 aliphatic rings. The summed E-state index contributed by atoms with van der Waals surface area (Å²) in [5, 5.41) is 9.70. The highest BCUT2D eigenvalue weighted by Gasteiger charge is 2.53. The van der Waals surface area contributed by atoms with E-state index in [2.05, 4.69) is 0 Å². The van der Waals surface area contributed by atoms with Crippen LogP contribution in [-0.4, -0.2) is 56.6 Å². The maximum atomic E-state index is 9.70. The van der Waals surface area contributed by atoms with Gasteiger partial charge in [-0.15, -0.1) is 0 Å². The number of aliphatic hydroxyl groups is 1. The third kappa shape index (κ3) is 1.37. The van der Waals surface area contributed by atoms with E-state index in [1.54, 1.807) is 0 Å². The fraction of sp³-hybridized carbons (Fsp3) is 1.00. The predicted octanol–water partition coefficient (Wildman–Crippen LogP) is -0.868. The topological polar surface area (TPSA) is 57.2 Å². The van der Waals surface area contributed by atoms with Crippen molar-refractivity contribution in [2.24, 2.45) is 0 Å². The molecule has 0 unspecified atom stereocenters.